The van der Waals surface area contributed by atoms with E-state index in [1.807, 2.05) is 6.92 Å². The van der Waals surface area contributed by atoms with Crippen LogP contribution in [0.25, 0.3) is 0 Å². The van der Waals surface area contributed by atoms with Crippen molar-refractivity contribution in [2.24, 2.45) is 5.41 Å². The Morgan fingerprint density at radius 3 is 2.30 bits per heavy atom. The molecule has 0 radical (unpaired) electrons. The Morgan fingerprint density at radius 2 is 2.00 bits per heavy atom. The summed E-state index contributed by atoms with van der Waals surface area (Å²) in [5.41, 5.74) is 0.160. The van der Waals surface area contributed by atoms with Gasteiger partial charge in [0.1, 0.15) is 0 Å². The minimum Gasteiger partial charge on any atom is -0.383 e. The fourth-order valence-corrected chi connectivity index (χ4v) is 1.34. The van der Waals surface area contributed by atoms with E-state index in [0.717, 1.165) is 5.75 Å². The normalized spacial score (nSPS) is 15.3. The zero-order valence-corrected chi connectivity index (χ0v) is 8.16. The van der Waals surface area contributed by atoms with E-state index in [1.165, 1.54) is 6.42 Å². The first-order valence-electron chi connectivity index (χ1n) is 3.77. The molecule has 0 saturated carbocycles. The Kier molecular flexibility index (Phi) is 4.37. The maximum atomic E-state index is 8.97. The quantitative estimate of drug-likeness (QED) is 0.641. The van der Waals surface area contributed by atoms with Crippen molar-refractivity contribution in [2.45, 2.75) is 39.6 Å². The molecule has 0 saturated heterocycles. The SMILES string of the molecule is CCC(C)(C)CSC(C)O. The van der Waals surface area contributed by atoms with Crippen LogP contribution in [0, 0.1) is 5.41 Å². The molecule has 2 heteroatoms. The fraction of sp³-hybridized carbons (Fsp3) is 1.00. The van der Waals surface area contributed by atoms with Gasteiger partial charge in [-0.15, -0.1) is 11.8 Å². The zero-order chi connectivity index (χ0) is 8.20. The number of aliphatic hydroxyl groups is 1. The topological polar surface area (TPSA) is 20.2 Å². The van der Waals surface area contributed by atoms with Gasteiger partial charge in [-0.25, -0.2) is 0 Å². The molecule has 0 aliphatic heterocycles. The van der Waals surface area contributed by atoms with Gasteiger partial charge in [-0.1, -0.05) is 27.2 Å². The van der Waals surface area contributed by atoms with Gasteiger partial charge in [0.25, 0.3) is 0 Å². The molecule has 0 bridgehead atoms. The highest BCUT2D eigenvalue weighted by molar-refractivity contribution is 7.99. The zero-order valence-electron chi connectivity index (χ0n) is 7.35. The highest BCUT2D eigenvalue weighted by Gasteiger charge is 2.15. The van der Waals surface area contributed by atoms with Crippen LogP contribution in [0.5, 0.6) is 0 Å². The number of thioether (sulfide) groups is 1. The Bertz CT molecular complexity index is 89.3. The lowest BCUT2D eigenvalue weighted by Crippen LogP contribution is -2.14. The highest BCUT2D eigenvalue weighted by Crippen LogP contribution is 2.26. The van der Waals surface area contributed by atoms with Crippen molar-refractivity contribution in [2.75, 3.05) is 5.75 Å². The van der Waals surface area contributed by atoms with Crippen LogP contribution in [-0.2, 0) is 0 Å². The predicted molar refractivity (Wildman–Crippen MR) is 48.2 cm³/mol. The predicted octanol–water partition coefficient (Wildman–Crippen LogP) is 2.49. The number of hydrogen-bond donors (Lipinski definition) is 1. The van der Waals surface area contributed by atoms with E-state index in [0.29, 0.717) is 5.41 Å². The van der Waals surface area contributed by atoms with Crippen molar-refractivity contribution in [1.29, 1.82) is 0 Å². The Balaban J connectivity index is 3.46. The first-order chi connectivity index (χ1) is 4.48. The molecule has 0 heterocycles. The molecule has 0 rings (SSSR count). The first-order valence-corrected chi connectivity index (χ1v) is 4.82. The number of rotatable bonds is 4. The summed E-state index contributed by atoms with van der Waals surface area (Å²) in [4.78, 5) is 0. The van der Waals surface area contributed by atoms with Gasteiger partial charge in [0.05, 0.1) is 5.44 Å². The van der Waals surface area contributed by atoms with E-state index < -0.39 is 0 Å². The molecule has 62 valence electrons. The third-order valence-corrected chi connectivity index (χ3v) is 3.10. The van der Waals surface area contributed by atoms with E-state index in [9.17, 15) is 0 Å². The van der Waals surface area contributed by atoms with E-state index in [1.54, 1.807) is 11.8 Å². The molecule has 1 N–H and O–H groups in total. The van der Waals surface area contributed by atoms with Gasteiger partial charge in [-0.3, -0.25) is 0 Å². The van der Waals surface area contributed by atoms with Gasteiger partial charge in [0, 0.05) is 5.75 Å². The average Bonchev–Trinajstić information content (AvgIpc) is 1.85. The van der Waals surface area contributed by atoms with Crippen LogP contribution in [0.4, 0.5) is 0 Å². The van der Waals surface area contributed by atoms with Crippen LogP contribution in [-0.4, -0.2) is 16.3 Å². The molecule has 0 aromatic carbocycles. The summed E-state index contributed by atoms with van der Waals surface area (Å²) >= 11 is 1.62. The molecule has 0 aromatic heterocycles. The summed E-state index contributed by atoms with van der Waals surface area (Å²) in [7, 11) is 0. The van der Waals surface area contributed by atoms with Crippen LogP contribution in [0.2, 0.25) is 0 Å². The van der Waals surface area contributed by atoms with E-state index in [2.05, 4.69) is 20.8 Å². The summed E-state index contributed by atoms with van der Waals surface area (Å²) in [6.45, 7) is 8.45. The summed E-state index contributed by atoms with van der Waals surface area (Å²) < 4.78 is 0. The van der Waals surface area contributed by atoms with E-state index in [4.69, 9.17) is 5.11 Å². The second-order valence-corrected chi connectivity index (χ2v) is 4.73. The fourth-order valence-electron chi connectivity index (χ4n) is 0.448. The molecule has 0 aliphatic rings. The van der Waals surface area contributed by atoms with Crippen molar-refractivity contribution >= 4 is 11.8 Å². The van der Waals surface area contributed by atoms with Crippen LogP contribution in [0.15, 0.2) is 0 Å². The average molecular weight is 162 g/mol. The molecule has 0 aliphatic carbocycles. The second kappa shape index (κ2) is 4.24. The van der Waals surface area contributed by atoms with E-state index in [-0.39, 0.29) is 5.44 Å². The third-order valence-electron chi connectivity index (χ3n) is 1.67. The van der Waals surface area contributed by atoms with Gasteiger partial charge < -0.3 is 5.11 Å². The minimum atomic E-state index is -0.217. The Morgan fingerprint density at radius 1 is 1.50 bits per heavy atom. The molecule has 1 atom stereocenters. The molecule has 0 aromatic rings. The molecule has 1 nitrogen and oxygen atoms in total. The molecule has 10 heavy (non-hydrogen) atoms. The monoisotopic (exact) mass is 162 g/mol. The summed E-state index contributed by atoms with van der Waals surface area (Å²) in [5, 5.41) is 8.97. The second-order valence-electron chi connectivity index (χ2n) is 3.43. The van der Waals surface area contributed by atoms with Crippen molar-refractivity contribution in [3.63, 3.8) is 0 Å². The van der Waals surface area contributed by atoms with Crippen molar-refractivity contribution < 1.29 is 5.11 Å². The van der Waals surface area contributed by atoms with Gasteiger partial charge in [-0.2, -0.15) is 0 Å². The summed E-state index contributed by atoms with van der Waals surface area (Å²) in [5.74, 6) is 1.04. The van der Waals surface area contributed by atoms with Crippen molar-refractivity contribution in [1.82, 2.24) is 0 Å². The molecule has 0 spiro atoms. The minimum absolute atomic E-state index is 0.217. The summed E-state index contributed by atoms with van der Waals surface area (Å²) in [6, 6.07) is 0. The van der Waals surface area contributed by atoms with Gasteiger partial charge in [0.2, 0.25) is 0 Å². The van der Waals surface area contributed by atoms with Gasteiger partial charge >= 0.3 is 0 Å². The molecular formula is C8H18OS. The smallest absolute Gasteiger partial charge is 0.0964 e. The molecule has 0 fully saturated rings. The Hall–Kier alpha value is 0.310. The highest BCUT2D eigenvalue weighted by atomic mass is 32.2. The maximum absolute atomic E-state index is 8.97. The van der Waals surface area contributed by atoms with Gasteiger partial charge in [0.15, 0.2) is 0 Å². The molecule has 0 amide bonds. The molecule has 1 unspecified atom stereocenters. The van der Waals surface area contributed by atoms with Crippen LogP contribution in [0.3, 0.4) is 0 Å². The standard InChI is InChI=1S/C8H18OS/c1-5-8(3,4)6-10-7(2)9/h7,9H,5-6H2,1-4H3. The third kappa shape index (κ3) is 5.12. The lowest BCUT2D eigenvalue weighted by atomic mass is 9.93. The molecular weight excluding hydrogens is 144 g/mol. The van der Waals surface area contributed by atoms with E-state index >= 15 is 0 Å². The summed E-state index contributed by atoms with van der Waals surface area (Å²) in [6.07, 6.45) is 1.17. The van der Waals surface area contributed by atoms with Crippen LogP contribution in [0.1, 0.15) is 34.1 Å². The Labute approximate surface area is 68.2 Å². The van der Waals surface area contributed by atoms with Crippen LogP contribution >= 0.6 is 11.8 Å². The largest absolute Gasteiger partial charge is 0.383 e. The number of hydrogen-bond acceptors (Lipinski definition) is 2. The van der Waals surface area contributed by atoms with Crippen molar-refractivity contribution in [3.05, 3.63) is 0 Å². The maximum Gasteiger partial charge on any atom is 0.0964 e. The first kappa shape index (κ1) is 10.3. The van der Waals surface area contributed by atoms with Crippen LogP contribution < -0.4 is 0 Å². The van der Waals surface area contributed by atoms with Gasteiger partial charge in [-0.05, 0) is 12.3 Å². The lowest BCUT2D eigenvalue weighted by molar-refractivity contribution is 0.281. The van der Waals surface area contributed by atoms with Crippen molar-refractivity contribution in [3.8, 4) is 0 Å². The number of aliphatic hydroxyl groups excluding tert-OH is 1. The lowest BCUT2D eigenvalue weighted by Gasteiger charge is -2.22.